The third-order valence-electron chi connectivity index (χ3n) is 5.35. The van der Waals surface area contributed by atoms with Crippen molar-refractivity contribution in [1.29, 1.82) is 0 Å². The van der Waals surface area contributed by atoms with Crippen molar-refractivity contribution in [3.8, 4) is 11.1 Å². The van der Waals surface area contributed by atoms with Crippen LogP contribution < -0.4 is 10.6 Å². The number of hydrogen-bond donors (Lipinski definition) is 1. The number of likely N-dealkylation sites (N-methyl/N-ethyl adjacent to an activating group) is 1. The maximum atomic E-state index is 12.5. The second-order valence-electron chi connectivity index (χ2n) is 7.98. The van der Waals surface area contributed by atoms with E-state index >= 15 is 0 Å². The number of nitrogens with zero attached hydrogens (tertiary/aromatic N) is 5. The Balaban J connectivity index is 1.52. The van der Waals surface area contributed by atoms with Crippen molar-refractivity contribution >= 4 is 23.0 Å². The Morgan fingerprint density at radius 3 is 2.28 bits per heavy atom. The van der Waals surface area contributed by atoms with Crippen molar-refractivity contribution in [2.45, 2.75) is 24.7 Å². The fourth-order valence-electron chi connectivity index (χ4n) is 3.73. The van der Waals surface area contributed by atoms with E-state index in [0.717, 1.165) is 48.8 Å². The molecule has 0 aliphatic carbocycles. The molecule has 29 heavy (non-hydrogen) atoms. The molecule has 2 N–H and O–H groups in total. The molecule has 2 aromatic rings. The van der Waals surface area contributed by atoms with Crippen LogP contribution in [0, 0.1) is 0 Å². The Kier molecular flexibility index (Phi) is 5.26. The van der Waals surface area contributed by atoms with Crippen LogP contribution in [0.5, 0.6) is 0 Å². The molecule has 1 saturated heterocycles. The summed E-state index contributed by atoms with van der Waals surface area (Å²) in [6, 6.07) is 7.85. The Hall–Kier alpha value is -2.52. The number of anilines is 1. The molecule has 2 aliphatic heterocycles. The quantitative estimate of drug-likeness (QED) is 0.817. The zero-order chi connectivity index (χ0) is 20.6. The second-order valence-corrected chi connectivity index (χ2v) is 9.18. The molecular weight excluding hydrogens is 388 g/mol. The van der Waals surface area contributed by atoms with E-state index in [0.29, 0.717) is 0 Å². The number of nitrogens with two attached hydrogens (primary N) is 1. The second kappa shape index (κ2) is 7.72. The number of ether oxygens (including phenoxy) is 1. The average Bonchev–Trinajstić information content (AvgIpc) is 2.68. The van der Waals surface area contributed by atoms with Gasteiger partial charge in [-0.25, -0.2) is 14.2 Å². The van der Waals surface area contributed by atoms with E-state index in [1.165, 1.54) is 0 Å². The van der Waals surface area contributed by atoms with E-state index in [1.807, 2.05) is 50.5 Å². The van der Waals surface area contributed by atoms with Crippen LogP contribution in [0.25, 0.3) is 11.1 Å². The molecule has 1 fully saturated rings. The van der Waals surface area contributed by atoms with E-state index in [2.05, 4.69) is 31.2 Å². The van der Waals surface area contributed by atoms with Crippen LogP contribution >= 0.6 is 0 Å². The lowest BCUT2D eigenvalue weighted by atomic mass is 9.96. The average molecular weight is 415 g/mol. The van der Waals surface area contributed by atoms with Crippen LogP contribution in [-0.2, 0) is 15.7 Å². The summed E-state index contributed by atoms with van der Waals surface area (Å²) in [4.78, 5) is 13.6. The number of aromatic nitrogens is 2. The van der Waals surface area contributed by atoms with Crippen LogP contribution in [0.1, 0.15) is 24.7 Å². The number of rotatable bonds is 3. The van der Waals surface area contributed by atoms with Gasteiger partial charge in [0.15, 0.2) is 11.0 Å². The Morgan fingerprint density at radius 2 is 1.69 bits per heavy atom. The Bertz CT molecular complexity index is 921. The molecule has 2 unspecified atom stereocenters. The molecular formula is C20H26N6O2S. The maximum absolute atomic E-state index is 12.5. The van der Waals surface area contributed by atoms with Gasteiger partial charge in [0.05, 0.1) is 0 Å². The maximum Gasteiger partial charge on any atom is 0.296 e. The van der Waals surface area contributed by atoms with Gasteiger partial charge in [0.2, 0.25) is 5.95 Å². The molecule has 1 aromatic carbocycles. The monoisotopic (exact) mass is 414 g/mol. The topological polar surface area (TPSA) is 96.9 Å². The predicted molar refractivity (Wildman–Crippen MR) is 115 cm³/mol. The van der Waals surface area contributed by atoms with E-state index in [4.69, 9.17) is 10.5 Å². The van der Waals surface area contributed by atoms with E-state index < -0.39 is 16.6 Å². The summed E-state index contributed by atoms with van der Waals surface area (Å²) in [5.74, 6) is 0.769. The van der Waals surface area contributed by atoms with Gasteiger partial charge >= 0.3 is 0 Å². The van der Waals surface area contributed by atoms with Crippen LogP contribution in [0.4, 0.5) is 5.95 Å². The molecule has 4 rings (SSSR count). The van der Waals surface area contributed by atoms with Gasteiger partial charge in [-0.2, -0.15) is 0 Å². The van der Waals surface area contributed by atoms with Gasteiger partial charge in [-0.3, -0.25) is 0 Å². The third-order valence-corrected chi connectivity index (χ3v) is 6.95. The van der Waals surface area contributed by atoms with Crippen molar-refractivity contribution in [1.82, 2.24) is 14.9 Å². The number of benzene rings is 1. The fraction of sp³-hybridized carbons (Fsp3) is 0.450. The van der Waals surface area contributed by atoms with Gasteiger partial charge in [-0.1, -0.05) is 24.3 Å². The first-order valence-corrected chi connectivity index (χ1v) is 10.8. The van der Waals surface area contributed by atoms with E-state index in [1.54, 1.807) is 0 Å². The van der Waals surface area contributed by atoms with Crippen molar-refractivity contribution in [3.63, 3.8) is 0 Å². The summed E-state index contributed by atoms with van der Waals surface area (Å²) in [5.41, 5.74) is 7.76. The minimum atomic E-state index is -1.48. The lowest BCUT2D eigenvalue weighted by Crippen LogP contribution is -2.45. The molecule has 2 atom stereocenters. The molecule has 1 aromatic heterocycles. The van der Waals surface area contributed by atoms with Crippen LogP contribution in [0.15, 0.2) is 41.1 Å². The molecule has 2 aliphatic rings. The predicted octanol–water partition coefficient (Wildman–Crippen LogP) is 1.72. The van der Waals surface area contributed by atoms with Gasteiger partial charge in [0.25, 0.3) is 6.02 Å². The summed E-state index contributed by atoms with van der Waals surface area (Å²) in [5, 5.41) is -0.389. The van der Waals surface area contributed by atoms with Gasteiger partial charge in [-0.05, 0) is 32.0 Å². The lowest BCUT2D eigenvalue weighted by Gasteiger charge is -2.35. The number of piperazine rings is 1. The van der Waals surface area contributed by atoms with Crippen LogP contribution in [-0.4, -0.2) is 63.9 Å². The normalized spacial score (nSPS) is 24.7. The lowest BCUT2D eigenvalue weighted by molar-refractivity contribution is 0.0848. The molecule has 0 saturated carbocycles. The summed E-state index contributed by atoms with van der Waals surface area (Å²) >= 11 is 0. The van der Waals surface area contributed by atoms with E-state index in [-0.39, 0.29) is 11.3 Å². The minimum absolute atomic E-state index is 0.0289. The number of hydrogen-bond acceptors (Lipinski definition) is 7. The van der Waals surface area contributed by atoms with Crippen molar-refractivity contribution < 1.29 is 8.95 Å². The SMILES string of the molecule is CN1CCN(c2ncc(-c3ccc(C4S(=O)N=C(N)OC4(C)C)cc3)cn2)CC1. The highest BCUT2D eigenvalue weighted by molar-refractivity contribution is 7.84. The third kappa shape index (κ3) is 4.11. The Morgan fingerprint density at radius 1 is 1.07 bits per heavy atom. The Labute approximate surface area is 173 Å². The molecule has 8 nitrogen and oxygen atoms in total. The highest BCUT2D eigenvalue weighted by atomic mass is 32.2. The summed E-state index contributed by atoms with van der Waals surface area (Å²) in [7, 11) is 0.643. The molecule has 154 valence electrons. The molecule has 0 radical (unpaired) electrons. The zero-order valence-electron chi connectivity index (χ0n) is 16.9. The van der Waals surface area contributed by atoms with Crippen molar-refractivity contribution in [2.75, 3.05) is 38.1 Å². The summed E-state index contributed by atoms with van der Waals surface area (Å²) in [6.07, 6.45) is 3.71. The molecule has 9 heteroatoms. The largest absolute Gasteiger partial charge is 0.457 e. The molecule has 3 heterocycles. The van der Waals surface area contributed by atoms with Crippen molar-refractivity contribution in [3.05, 3.63) is 42.2 Å². The van der Waals surface area contributed by atoms with Gasteiger partial charge < -0.3 is 20.3 Å². The first kappa shape index (κ1) is 19.8. The van der Waals surface area contributed by atoms with Gasteiger partial charge in [0, 0.05) is 44.1 Å². The first-order chi connectivity index (χ1) is 13.8. The zero-order valence-corrected chi connectivity index (χ0v) is 17.7. The van der Waals surface area contributed by atoms with Gasteiger partial charge in [-0.15, -0.1) is 4.40 Å². The fourth-order valence-corrected chi connectivity index (χ4v) is 4.98. The minimum Gasteiger partial charge on any atom is -0.457 e. The molecule has 0 amide bonds. The van der Waals surface area contributed by atoms with Crippen LogP contribution in [0.2, 0.25) is 0 Å². The highest BCUT2D eigenvalue weighted by Crippen LogP contribution is 2.38. The standard InChI is InChI=1S/C20H26N6O2S/c1-20(2)17(29(27)24-18(21)28-20)15-6-4-14(5-7-15)16-12-22-19(23-13-16)26-10-8-25(3)9-11-26/h4-7,12-13,17H,8-11H2,1-3H3,(H2,21,24). The summed E-state index contributed by atoms with van der Waals surface area (Å²) in [6.45, 7) is 7.66. The van der Waals surface area contributed by atoms with Crippen LogP contribution in [0.3, 0.4) is 0 Å². The van der Waals surface area contributed by atoms with Gasteiger partial charge in [0.1, 0.15) is 10.9 Å². The molecule has 0 spiro atoms. The van der Waals surface area contributed by atoms with Crippen molar-refractivity contribution in [2.24, 2.45) is 10.1 Å². The highest BCUT2D eigenvalue weighted by Gasteiger charge is 2.41. The molecule has 0 bridgehead atoms. The first-order valence-electron chi connectivity index (χ1n) is 9.63. The smallest absolute Gasteiger partial charge is 0.296 e. The van der Waals surface area contributed by atoms with E-state index in [9.17, 15) is 4.21 Å². The summed E-state index contributed by atoms with van der Waals surface area (Å²) < 4.78 is 22.0. The number of amidine groups is 1.